The number of aryl methyl sites for hydroxylation is 1. The molecular weight excluding hydrogens is 364 g/mol. The van der Waals surface area contributed by atoms with Crippen molar-refractivity contribution in [3.63, 3.8) is 0 Å². The second kappa shape index (κ2) is 8.21. The number of benzene rings is 2. The smallest absolute Gasteiger partial charge is 0.320 e. The highest BCUT2D eigenvalue weighted by molar-refractivity contribution is 5.92. The molecule has 0 aliphatic carbocycles. The normalized spacial score (nSPS) is 12.6. The molecule has 0 radical (unpaired) electrons. The van der Waals surface area contributed by atoms with E-state index in [0.29, 0.717) is 16.8 Å². The Morgan fingerprint density at radius 2 is 2.00 bits per heavy atom. The van der Waals surface area contributed by atoms with Crippen molar-refractivity contribution in [3.05, 3.63) is 65.5 Å². The molecule has 0 aliphatic heterocycles. The van der Waals surface area contributed by atoms with E-state index in [1.54, 1.807) is 44.4 Å². The van der Waals surface area contributed by atoms with Gasteiger partial charge in [0.1, 0.15) is 11.6 Å². The van der Waals surface area contributed by atoms with Crippen LogP contribution in [0.5, 0.6) is 5.75 Å². The summed E-state index contributed by atoms with van der Waals surface area (Å²) in [5.41, 5.74) is 2.57. The Morgan fingerprint density at radius 3 is 2.71 bits per heavy atom. The average molecular weight is 385 g/mol. The van der Waals surface area contributed by atoms with E-state index in [2.05, 4.69) is 10.3 Å². The summed E-state index contributed by atoms with van der Waals surface area (Å²) in [4.78, 5) is 16.6. The Hall–Kier alpha value is -3.22. The van der Waals surface area contributed by atoms with Crippen LogP contribution in [-0.4, -0.2) is 22.6 Å². The van der Waals surface area contributed by atoms with Crippen LogP contribution in [0.15, 0.2) is 48.5 Å². The van der Waals surface area contributed by atoms with Crippen molar-refractivity contribution >= 4 is 23.0 Å². The Kier molecular flexibility index (Phi) is 5.73. The minimum Gasteiger partial charge on any atom is -0.496 e. The molecule has 0 aliphatic rings. The Labute approximate surface area is 161 Å². The molecule has 1 heterocycles. The zero-order valence-corrected chi connectivity index (χ0v) is 15.8. The van der Waals surface area contributed by atoms with Crippen molar-refractivity contribution in [1.82, 2.24) is 14.9 Å². The second-order valence-electron chi connectivity index (χ2n) is 6.42. The number of methoxy groups -OCH3 is 1. The van der Waals surface area contributed by atoms with Gasteiger partial charge in [0.2, 0.25) is 5.91 Å². The molecule has 146 valence electrons. The minimum atomic E-state index is -2.76. The number of hydrogen-bond donors (Lipinski definition) is 1. The van der Waals surface area contributed by atoms with E-state index in [9.17, 15) is 13.6 Å². The lowest BCUT2D eigenvalue weighted by atomic mass is 10.1. The summed E-state index contributed by atoms with van der Waals surface area (Å²) in [6.07, 6.45) is 2.98. The molecule has 7 heteroatoms. The number of rotatable bonds is 6. The van der Waals surface area contributed by atoms with Gasteiger partial charge in [-0.05, 0) is 44.2 Å². The van der Waals surface area contributed by atoms with Crippen molar-refractivity contribution in [3.8, 4) is 5.75 Å². The van der Waals surface area contributed by atoms with E-state index in [0.717, 1.165) is 15.7 Å². The van der Waals surface area contributed by atoms with Crippen molar-refractivity contribution in [2.45, 2.75) is 26.4 Å². The number of para-hydroxylation sites is 2. The lowest BCUT2D eigenvalue weighted by Crippen LogP contribution is -2.27. The maximum absolute atomic E-state index is 13.6. The first-order valence-corrected chi connectivity index (χ1v) is 8.79. The summed E-state index contributed by atoms with van der Waals surface area (Å²) >= 11 is 0. The second-order valence-corrected chi connectivity index (χ2v) is 6.42. The van der Waals surface area contributed by atoms with Gasteiger partial charge in [-0.1, -0.05) is 23.8 Å². The summed E-state index contributed by atoms with van der Waals surface area (Å²) < 4.78 is 33.2. The van der Waals surface area contributed by atoms with Gasteiger partial charge < -0.3 is 10.1 Å². The number of halogens is 2. The SMILES string of the molecule is COc1ccc(C)cc1/C=C/C(=O)NC(C)c1nc2ccccc2n1C(F)F. The molecule has 1 N–H and O–H groups in total. The molecular formula is C21H21F2N3O2. The number of alkyl halides is 2. The molecule has 28 heavy (non-hydrogen) atoms. The van der Waals surface area contributed by atoms with E-state index in [-0.39, 0.29) is 5.82 Å². The van der Waals surface area contributed by atoms with Crippen LogP contribution in [0, 0.1) is 6.92 Å². The van der Waals surface area contributed by atoms with Crippen LogP contribution >= 0.6 is 0 Å². The average Bonchev–Trinajstić information content (AvgIpc) is 3.06. The molecule has 2 aromatic carbocycles. The van der Waals surface area contributed by atoms with Gasteiger partial charge in [-0.15, -0.1) is 0 Å². The van der Waals surface area contributed by atoms with E-state index in [4.69, 9.17) is 4.74 Å². The molecule has 1 amide bonds. The Morgan fingerprint density at radius 1 is 1.25 bits per heavy atom. The van der Waals surface area contributed by atoms with Gasteiger partial charge in [0.15, 0.2) is 0 Å². The summed E-state index contributed by atoms with van der Waals surface area (Å²) in [6, 6.07) is 11.6. The number of amides is 1. The predicted octanol–water partition coefficient (Wildman–Crippen LogP) is 4.64. The lowest BCUT2D eigenvalue weighted by molar-refractivity contribution is -0.117. The Balaban J connectivity index is 1.81. The predicted molar refractivity (Wildman–Crippen MR) is 104 cm³/mol. The number of hydrogen-bond acceptors (Lipinski definition) is 3. The summed E-state index contributed by atoms with van der Waals surface area (Å²) in [6.45, 7) is 0.807. The first-order chi connectivity index (χ1) is 13.4. The monoisotopic (exact) mass is 385 g/mol. The first kappa shape index (κ1) is 19.5. The third-order valence-corrected chi connectivity index (χ3v) is 4.36. The number of carbonyl (C=O) groups excluding carboxylic acids is 1. The molecule has 0 spiro atoms. The largest absolute Gasteiger partial charge is 0.496 e. The molecule has 1 unspecified atom stereocenters. The van der Waals surface area contributed by atoms with Crippen LogP contribution in [0.3, 0.4) is 0 Å². The van der Waals surface area contributed by atoms with E-state index >= 15 is 0 Å². The number of aromatic nitrogens is 2. The number of carbonyl (C=O) groups is 1. The highest BCUT2D eigenvalue weighted by Crippen LogP contribution is 2.26. The standard InChI is InChI=1S/C21H21F2N3O2/c1-13-8-10-18(28-3)15(12-13)9-11-19(27)24-14(2)20-25-16-6-4-5-7-17(16)26(20)21(22)23/h4-12,14,21H,1-3H3,(H,24,27)/b11-9+. The molecule has 3 aromatic rings. The minimum absolute atomic E-state index is 0.103. The molecule has 1 atom stereocenters. The zero-order valence-electron chi connectivity index (χ0n) is 15.8. The molecule has 1 aromatic heterocycles. The van der Waals surface area contributed by atoms with Gasteiger partial charge in [0, 0.05) is 11.6 Å². The lowest BCUT2D eigenvalue weighted by Gasteiger charge is -2.15. The molecule has 5 nitrogen and oxygen atoms in total. The van der Waals surface area contributed by atoms with Gasteiger partial charge in [-0.2, -0.15) is 8.78 Å². The van der Waals surface area contributed by atoms with Crippen molar-refractivity contribution in [1.29, 1.82) is 0 Å². The maximum Gasteiger partial charge on any atom is 0.320 e. The summed E-state index contributed by atoms with van der Waals surface area (Å²) in [5.74, 6) is 0.331. The zero-order chi connectivity index (χ0) is 20.3. The summed E-state index contributed by atoms with van der Waals surface area (Å²) in [7, 11) is 1.55. The van der Waals surface area contributed by atoms with Gasteiger partial charge in [-0.3, -0.25) is 9.36 Å². The summed E-state index contributed by atoms with van der Waals surface area (Å²) in [5, 5.41) is 2.69. The first-order valence-electron chi connectivity index (χ1n) is 8.79. The van der Waals surface area contributed by atoms with Crippen LogP contribution in [0.1, 0.15) is 36.5 Å². The molecule has 0 saturated carbocycles. The third kappa shape index (κ3) is 4.03. The number of fused-ring (bicyclic) bond motifs is 1. The molecule has 0 saturated heterocycles. The number of ether oxygens (including phenoxy) is 1. The van der Waals surface area contributed by atoms with E-state index in [1.807, 2.05) is 25.1 Å². The van der Waals surface area contributed by atoms with Crippen LogP contribution in [0.25, 0.3) is 17.1 Å². The number of nitrogens with zero attached hydrogens (tertiary/aromatic N) is 2. The molecule has 3 rings (SSSR count). The fraction of sp³-hybridized carbons (Fsp3) is 0.238. The van der Waals surface area contributed by atoms with Crippen LogP contribution < -0.4 is 10.1 Å². The van der Waals surface area contributed by atoms with Crippen molar-refractivity contribution < 1.29 is 18.3 Å². The maximum atomic E-state index is 13.6. The fourth-order valence-electron chi connectivity index (χ4n) is 3.05. The van der Waals surface area contributed by atoms with Crippen LogP contribution in [-0.2, 0) is 4.79 Å². The molecule has 0 fully saturated rings. The fourth-order valence-corrected chi connectivity index (χ4v) is 3.05. The highest BCUT2D eigenvalue weighted by atomic mass is 19.3. The molecule has 0 bridgehead atoms. The van der Waals surface area contributed by atoms with Gasteiger partial charge >= 0.3 is 6.55 Å². The quantitative estimate of drug-likeness (QED) is 0.629. The topological polar surface area (TPSA) is 56.1 Å². The third-order valence-electron chi connectivity index (χ3n) is 4.36. The van der Waals surface area contributed by atoms with Crippen LogP contribution in [0.4, 0.5) is 8.78 Å². The van der Waals surface area contributed by atoms with E-state index < -0.39 is 18.5 Å². The van der Waals surface area contributed by atoms with Crippen molar-refractivity contribution in [2.24, 2.45) is 0 Å². The number of imidazole rings is 1. The highest BCUT2D eigenvalue weighted by Gasteiger charge is 2.22. The van der Waals surface area contributed by atoms with Gasteiger partial charge in [-0.25, -0.2) is 4.98 Å². The Bertz CT molecular complexity index is 1030. The van der Waals surface area contributed by atoms with E-state index in [1.165, 1.54) is 6.08 Å². The van der Waals surface area contributed by atoms with Crippen LogP contribution in [0.2, 0.25) is 0 Å². The van der Waals surface area contributed by atoms with Gasteiger partial charge in [0.25, 0.3) is 0 Å². The number of nitrogens with one attached hydrogen (secondary N) is 1. The van der Waals surface area contributed by atoms with Gasteiger partial charge in [0.05, 0.1) is 24.2 Å². The van der Waals surface area contributed by atoms with Crippen molar-refractivity contribution in [2.75, 3.05) is 7.11 Å².